The van der Waals surface area contributed by atoms with E-state index in [-0.39, 0.29) is 40.1 Å². The third-order valence-corrected chi connectivity index (χ3v) is 6.29. The third-order valence-electron chi connectivity index (χ3n) is 6.29. The summed E-state index contributed by atoms with van der Waals surface area (Å²) in [5, 5.41) is 10.4. The topological polar surface area (TPSA) is 153 Å². The predicted molar refractivity (Wildman–Crippen MR) is 126 cm³/mol. The van der Waals surface area contributed by atoms with Crippen LogP contribution in [-0.2, 0) is 4.79 Å². The van der Waals surface area contributed by atoms with Crippen molar-refractivity contribution in [2.24, 2.45) is 11.1 Å². The van der Waals surface area contributed by atoms with E-state index in [2.05, 4.69) is 25.5 Å². The molecule has 10 heteroatoms. The molecule has 6 N–H and O–H groups in total. The number of carbonyl (C=O) groups excluding carboxylic acids is 2. The first-order valence-corrected chi connectivity index (χ1v) is 10.7. The van der Waals surface area contributed by atoms with Crippen LogP contribution in [0.25, 0.3) is 33.5 Å². The number of nitrogen functional groups attached to an aromatic ring is 1. The molecule has 1 aliphatic rings. The van der Waals surface area contributed by atoms with Gasteiger partial charge in [-0.05, 0) is 43.5 Å². The van der Waals surface area contributed by atoms with Crippen LogP contribution in [0.5, 0.6) is 0 Å². The van der Waals surface area contributed by atoms with Crippen molar-refractivity contribution in [3.63, 3.8) is 0 Å². The zero-order valence-corrected chi connectivity index (χ0v) is 18.6. The summed E-state index contributed by atoms with van der Waals surface area (Å²) in [5.41, 5.74) is 13.8. The van der Waals surface area contributed by atoms with Crippen LogP contribution in [0.15, 0.2) is 36.5 Å². The summed E-state index contributed by atoms with van der Waals surface area (Å²) < 4.78 is 14.9. The molecule has 2 aromatic carbocycles. The summed E-state index contributed by atoms with van der Waals surface area (Å²) in [6.45, 7) is 3.69. The number of hydrogen-bond acceptors (Lipinski definition) is 6. The minimum absolute atomic E-state index is 0.000491. The average Bonchev–Trinajstić information content (AvgIpc) is 3.37. The molecule has 0 radical (unpaired) electrons. The van der Waals surface area contributed by atoms with Gasteiger partial charge in [0.25, 0.3) is 5.91 Å². The number of H-pyrrole nitrogens is 1. The van der Waals surface area contributed by atoms with Crippen LogP contribution in [0.4, 0.5) is 15.8 Å². The van der Waals surface area contributed by atoms with E-state index in [1.807, 2.05) is 26.0 Å². The number of para-hydroxylation sites is 1. The number of aromatic nitrogens is 4. The molecule has 2 heterocycles. The number of hydrogen-bond donors (Lipinski definition) is 4. The fourth-order valence-electron chi connectivity index (χ4n) is 3.93. The smallest absolute Gasteiger partial charge is 0.269 e. The number of carbonyl (C=O) groups is 2. The van der Waals surface area contributed by atoms with Gasteiger partial charge >= 0.3 is 0 Å². The van der Waals surface area contributed by atoms with Gasteiger partial charge in [0.1, 0.15) is 5.82 Å². The van der Waals surface area contributed by atoms with E-state index in [0.29, 0.717) is 5.56 Å². The molecule has 0 atom stereocenters. The molecule has 2 amide bonds. The maximum absolute atomic E-state index is 14.9. The number of aryl methyl sites for hydroxylation is 1. The molecule has 0 saturated heterocycles. The zero-order chi connectivity index (χ0) is 24.2. The highest BCUT2D eigenvalue weighted by Gasteiger charge is 2.45. The molecule has 2 aromatic heterocycles. The van der Waals surface area contributed by atoms with Crippen molar-refractivity contribution in [3.8, 4) is 22.6 Å². The lowest BCUT2D eigenvalue weighted by molar-refractivity contribution is -0.120. The standard InChI is InChI=1S/C24H22FN7O2/c1-11-6-7-15-13(10-28-32-15)16(11)19-17(26)20(21(27)33)30-22(29-19)12-4-3-5-14(25)18(12)31-23(34)24(2)8-9-24/h3-7,10H,8-9,26H2,1-2H3,(H2,27,33)(H,28,32)(H,31,34). The molecule has 4 aromatic rings. The first kappa shape index (κ1) is 21.5. The number of nitrogens with two attached hydrogens (primary N) is 2. The van der Waals surface area contributed by atoms with Crippen molar-refractivity contribution in [2.75, 3.05) is 11.1 Å². The Labute approximate surface area is 193 Å². The molecular weight excluding hydrogens is 437 g/mol. The minimum atomic E-state index is -0.855. The summed E-state index contributed by atoms with van der Waals surface area (Å²) in [6, 6.07) is 8.01. The largest absolute Gasteiger partial charge is 0.395 e. The van der Waals surface area contributed by atoms with E-state index in [1.54, 1.807) is 12.3 Å². The SMILES string of the molecule is Cc1ccc2[nH]ncc2c1-c1nc(-c2cccc(F)c2NC(=O)C2(C)CC2)nc(C(N)=O)c1N. The number of fused-ring (bicyclic) bond motifs is 1. The maximum Gasteiger partial charge on any atom is 0.269 e. The highest BCUT2D eigenvalue weighted by Crippen LogP contribution is 2.46. The van der Waals surface area contributed by atoms with Crippen LogP contribution in [0.1, 0.15) is 35.8 Å². The van der Waals surface area contributed by atoms with Gasteiger partial charge in [-0.15, -0.1) is 0 Å². The van der Waals surface area contributed by atoms with Gasteiger partial charge in [0.15, 0.2) is 11.5 Å². The van der Waals surface area contributed by atoms with Crippen LogP contribution in [0.3, 0.4) is 0 Å². The van der Waals surface area contributed by atoms with Crippen LogP contribution in [0, 0.1) is 18.2 Å². The number of aromatic amines is 1. The van der Waals surface area contributed by atoms with Crippen molar-refractivity contribution >= 4 is 34.1 Å². The number of anilines is 2. The summed E-state index contributed by atoms with van der Waals surface area (Å²) >= 11 is 0. The second-order valence-electron chi connectivity index (χ2n) is 8.79. The molecule has 9 nitrogen and oxygen atoms in total. The molecule has 172 valence electrons. The molecule has 1 fully saturated rings. The quantitative estimate of drug-likeness (QED) is 0.358. The molecule has 1 saturated carbocycles. The van der Waals surface area contributed by atoms with Crippen molar-refractivity contribution in [2.45, 2.75) is 26.7 Å². The van der Waals surface area contributed by atoms with Gasteiger partial charge in [0.2, 0.25) is 5.91 Å². The fraction of sp³-hybridized carbons (Fsp3) is 0.208. The number of amides is 2. The van der Waals surface area contributed by atoms with E-state index in [1.165, 1.54) is 12.1 Å². The van der Waals surface area contributed by atoms with Crippen molar-refractivity contribution in [1.82, 2.24) is 20.2 Å². The van der Waals surface area contributed by atoms with E-state index >= 15 is 0 Å². The number of nitrogens with one attached hydrogen (secondary N) is 2. The Balaban J connectivity index is 1.75. The number of halogens is 1. The number of rotatable bonds is 5. The fourth-order valence-corrected chi connectivity index (χ4v) is 3.93. The Morgan fingerprint density at radius 1 is 1.18 bits per heavy atom. The van der Waals surface area contributed by atoms with Crippen LogP contribution >= 0.6 is 0 Å². The second-order valence-corrected chi connectivity index (χ2v) is 8.79. The lowest BCUT2D eigenvalue weighted by atomic mass is 9.99. The van der Waals surface area contributed by atoms with Crippen molar-refractivity contribution in [1.29, 1.82) is 0 Å². The lowest BCUT2D eigenvalue weighted by Gasteiger charge is -2.17. The van der Waals surface area contributed by atoms with Gasteiger partial charge < -0.3 is 16.8 Å². The van der Waals surface area contributed by atoms with E-state index in [0.717, 1.165) is 29.3 Å². The van der Waals surface area contributed by atoms with Gasteiger partial charge in [0.05, 0.1) is 28.8 Å². The van der Waals surface area contributed by atoms with E-state index < -0.39 is 17.1 Å². The number of primary amides is 1. The Bertz CT molecular complexity index is 1490. The summed E-state index contributed by atoms with van der Waals surface area (Å²) in [6.07, 6.45) is 3.09. The van der Waals surface area contributed by atoms with Gasteiger partial charge in [-0.3, -0.25) is 14.7 Å². The third kappa shape index (κ3) is 3.43. The monoisotopic (exact) mass is 459 g/mol. The Morgan fingerprint density at radius 2 is 1.94 bits per heavy atom. The van der Waals surface area contributed by atoms with Crippen LogP contribution < -0.4 is 16.8 Å². The normalized spacial score (nSPS) is 14.2. The van der Waals surface area contributed by atoms with Gasteiger partial charge in [-0.25, -0.2) is 14.4 Å². The molecule has 0 bridgehead atoms. The predicted octanol–water partition coefficient (Wildman–Crippen LogP) is 3.55. The highest BCUT2D eigenvalue weighted by molar-refractivity contribution is 6.05. The summed E-state index contributed by atoms with van der Waals surface area (Å²) in [5.74, 6) is -1.78. The Morgan fingerprint density at radius 3 is 2.65 bits per heavy atom. The second kappa shape index (κ2) is 7.62. The molecule has 5 rings (SSSR count). The zero-order valence-electron chi connectivity index (χ0n) is 18.6. The molecular formula is C24H22FN7O2. The average molecular weight is 459 g/mol. The van der Waals surface area contributed by atoms with E-state index in [4.69, 9.17) is 11.5 Å². The van der Waals surface area contributed by atoms with Gasteiger partial charge in [-0.1, -0.05) is 19.1 Å². The minimum Gasteiger partial charge on any atom is -0.395 e. The maximum atomic E-state index is 14.9. The van der Waals surface area contributed by atoms with Crippen molar-refractivity contribution < 1.29 is 14.0 Å². The molecule has 34 heavy (non-hydrogen) atoms. The Hall–Kier alpha value is -4.34. The summed E-state index contributed by atoms with van der Waals surface area (Å²) in [4.78, 5) is 33.8. The highest BCUT2D eigenvalue weighted by atomic mass is 19.1. The first-order chi connectivity index (χ1) is 16.2. The Kier molecular flexibility index (Phi) is 4.82. The van der Waals surface area contributed by atoms with Crippen molar-refractivity contribution in [3.05, 3.63) is 53.6 Å². The van der Waals surface area contributed by atoms with Crippen LogP contribution in [-0.4, -0.2) is 32.0 Å². The van der Waals surface area contributed by atoms with E-state index in [9.17, 15) is 14.0 Å². The van der Waals surface area contributed by atoms with Gasteiger partial charge in [0, 0.05) is 21.9 Å². The molecule has 0 unspecified atom stereocenters. The number of benzene rings is 2. The summed E-state index contributed by atoms with van der Waals surface area (Å²) in [7, 11) is 0. The molecule has 0 spiro atoms. The number of nitrogens with zero attached hydrogens (tertiary/aromatic N) is 3. The molecule has 0 aliphatic heterocycles. The lowest BCUT2D eigenvalue weighted by Crippen LogP contribution is -2.23. The van der Waals surface area contributed by atoms with Gasteiger partial charge in [-0.2, -0.15) is 5.10 Å². The molecule has 1 aliphatic carbocycles. The first-order valence-electron chi connectivity index (χ1n) is 10.7. The van der Waals surface area contributed by atoms with Crippen LogP contribution in [0.2, 0.25) is 0 Å².